The first-order chi connectivity index (χ1) is 13.7. The van der Waals surface area contributed by atoms with E-state index in [9.17, 15) is 4.79 Å². The Bertz CT molecular complexity index is 925. The van der Waals surface area contributed by atoms with Gasteiger partial charge >= 0.3 is 0 Å². The molecule has 8 heteroatoms. The molecular weight excluding hydrogens is 376 g/mol. The molecule has 1 unspecified atom stereocenters. The Morgan fingerprint density at radius 2 is 2.32 bits per heavy atom. The van der Waals surface area contributed by atoms with Crippen LogP contribution in [0.2, 0.25) is 0 Å². The predicted molar refractivity (Wildman–Crippen MR) is 107 cm³/mol. The van der Waals surface area contributed by atoms with E-state index in [4.69, 9.17) is 9.15 Å². The first-order valence-electron chi connectivity index (χ1n) is 9.25. The van der Waals surface area contributed by atoms with E-state index in [-0.39, 0.29) is 11.9 Å². The number of hydrogen-bond donors (Lipinski definition) is 1. The zero-order chi connectivity index (χ0) is 19.3. The van der Waals surface area contributed by atoms with Gasteiger partial charge in [-0.1, -0.05) is 12.1 Å². The molecule has 28 heavy (non-hydrogen) atoms. The van der Waals surface area contributed by atoms with E-state index in [1.165, 1.54) is 11.5 Å². The summed E-state index contributed by atoms with van der Waals surface area (Å²) in [5, 5.41) is 3.75. The van der Waals surface area contributed by atoms with E-state index in [2.05, 4.69) is 19.6 Å². The molecule has 3 aromatic rings. The summed E-state index contributed by atoms with van der Waals surface area (Å²) >= 11 is 1.35. The van der Waals surface area contributed by atoms with Crippen LogP contribution < -0.4 is 15.0 Å². The first-order valence-corrected chi connectivity index (χ1v) is 10.0. The van der Waals surface area contributed by atoms with Gasteiger partial charge in [-0.05, 0) is 42.7 Å². The van der Waals surface area contributed by atoms with Crippen molar-refractivity contribution in [3.63, 3.8) is 0 Å². The molecular formula is C20H22N4O3S. The Morgan fingerprint density at radius 1 is 1.39 bits per heavy atom. The number of hydrogen-bond acceptors (Lipinski definition) is 7. The number of carbonyl (C=O) groups is 1. The van der Waals surface area contributed by atoms with Crippen molar-refractivity contribution in [3.05, 3.63) is 59.8 Å². The lowest BCUT2D eigenvalue weighted by Crippen LogP contribution is -2.43. The summed E-state index contributed by atoms with van der Waals surface area (Å²) in [6.07, 6.45) is 4.02. The van der Waals surface area contributed by atoms with Gasteiger partial charge in [0.25, 0.3) is 0 Å². The molecule has 2 aromatic heterocycles. The third-order valence-electron chi connectivity index (χ3n) is 4.77. The summed E-state index contributed by atoms with van der Waals surface area (Å²) in [5.74, 6) is 2.32. The number of anilines is 1. The lowest BCUT2D eigenvalue weighted by atomic mass is 10.1. The van der Waals surface area contributed by atoms with Crippen LogP contribution in [0.3, 0.4) is 0 Å². The maximum atomic E-state index is 12.6. The molecule has 7 nitrogen and oxygen atoms in total. The average molecular weight is 398 g/mol. The van der Waals surface area contributed by atoms with Crippen LogP contribution in [0.4, 0.5) is 5.13 Å². The number of nitrogens with zero attached hydrogens (tertiary/aromatic N) is 3. The molecule has 0 radical (unpaired) electrons. The fraction of sp³-hybridized carbons (Fsp3) is 0.350. The SMILES string of the molecule is COc1cccc(Cc2nsc(N3CCCC3C(=O)NCc3ccco3)n2)c1. The molecule has 1 aromatic carbocycles. The van der Waals surface area contributed by atoms with Gasteiger partial charge in [0.2, 0.25) is 11.0 Å². The van der Waals surface area contributed by atoms with Crippen molar-refractivity contribution in [3.8, 4) is 5.75 Å². The number of nitrogens with one attached hydrogen (secondary N) is 1. The minimum absolute atomic E-state index is 0.00144. The topological polar surface area (TPSA) is 80.5 Å². The van der Waals surface area contributed by atoms with E-state index in [0.29, 0.717) is 13.0 Å². The maximum Gasteiger partial charge on any atom is 0.243 e. The van der Waals surface area contributed by atoms with Gasteiger partial charge in [-0.2, -0.15) is 4.37 Å². The van der Waals surface area contributed by atoms with Gasteiger partial charge in [0, 0.05) is 24.5 Å². The highest BCUT2D eigenvalue weighted by Gasteiger charge is 2.32. The average Bonchev–Trinajstić information content (AvgIpc) is 3.47. The highest BCUT2D eigenvalue weighted by molar-refractivity contribution is 7.09. The summed E-state index contributed by atoms with van der Waals surface area (Å²) in [6, 6.07) is 11.3. The quantitative estimate of drug-likeness (QED) is 0.659. The van der Waals surface area contributed by atoms with Gasteiger partial charge in [-0.15, -0.1) is 0 Å². The molecule has 1 aliphatic rings. The zero-order valence-corrected chi connectivity index (χ0v) is 16.4. The van der Waals surface area contributed by atoms with Crippen LogP contribution >= 0.6 is 11.5 Å². The van der Waals surface area contributed by atoms with Gasteiger partial charge in [0.15, 0.2) is 0 Å². The fourth-order valence-corrected chi connectivity index (χ4v) is 4.13. The maximum absolute atomic E-state index is 12.6. The Balaban J connectivity index is 1.41. The second-order valence-corrected chi connectivity index (χ2v) is 7.40. The number of methoxy groups -OCH3 is 1. The van der Waals surface area contributed by atoms with Crippen molar-refractivity contribution in [2.24, 2.45) is 0 Å². The molecule has 3 heterocycles. The van der Waals surface area contributed by atoms with E-state index in [1.807, 2.05) is 36.4 Å². The first kappa shape index (κ1) is 18.5. The van der Waals surface area contributed by atoms with E-state index in [1.54, 1.807) is 13.4 Å². The van der Waals surface area contributed by atoms with Crippen molar-refractivity contribution < 1.29 is 13.9 Å². The van der Waals surface area contributed by atoms with Crippen molar-refractivity contribution in [2.75, 3.05) is 18.6 Å². The number of rotatable bonds is 7. The third kappa shape index (κ3) is 4.17. The molecule has 1 N–H and O–H groups in total. The van der Waals surface area contributed by atoms with E-state index in [0.717, 1.165) is 47.4 Å². The summed E-state index contributed by atoms with van der Waals surface area (Å²) in [4.78, 5) is 19.4. The molecule has 1 saturated heterocycles. The molecule has 4 rings (SSSR count). The van der Waals surface area contributed by atoms with Crippen LogP contribution in [-0.4, -0.2) is 35.0 Å². The van der Waals surface area contributed by atoms with E-state index >= 15 is 0 Å². The van der Waals surface area contributed by atoms with Crippen LogP contribution in [0.25, 0.3) is 0 Å². The van der Waals surface area contributed by atoms with Gasteiger partial charge in [0.05, 0.1) is 19.9 Å². The van der Waals surface area contributed by atoms with E-state index < -0.39 is 0 Å². The molecule has 1 amide bonds. The van der Waals surface area contributed by atoms with Gasteiger partial charge in [-0.3, -0.25) is 4.79 Å². The largest absolute Gasteiger partial charge is 0.497 e. The lowest BCUT2D eigenvalue weighted by Gasteiger charge is -2.22. The van der Waals surface area contributed by atoms with Crippen LogP contribution in [0.5, 0.6) is 5.75 Å². The predicted octanol–water partition coefficient (Wildman–Crippen LogP) is 3.02. The number of ether oxygens (including phenoxy) is 1. The second kappa shape index (κ2) is 8.43. The Hall–Kier alpha value is -2.87. The molecule has 1 atom stereocenters. The minimum atomic E-state index is -0.215. The molecule has 0 saturated carbocycles. The Kier molecular flexibility index (Phi) is 5.57. The standard InChI is InChI=1S/C20H22N4O3S/c1-26-15-6-2-5-14(11-15)12-18-22-20(28-23-18)24-9-3-8-17(24)19(25)21-13-16-7-4-10-27-16/h2,4-7,10-11,17H,3,8-9,12-13H2,1H3,(H,21,25). The van der Waals surface area contributed by atoms with Crippen LogP contribution in [0, 0.1) is 0 Å². The molecule has 0 spiro atoms. The Morgan fingerprint density at radius 3 is 3.14 bits per heavy atom. The van der Waals surface area contributed by atoms with Gasteiger partial charge < -0.3 is 19.4 Å². The number of aromatic nitrogens is 2. The van der Waals surface area contributed by atoms with Crippen LogP contribution in [0.15, 0.2) is 47.1 Å². The minimum Gasteiger partial charge on any atom is -0.497 e. The molecule has 146 valence electrons. The van der Waals surface area contributed by atoms with Crippen LogP contribution in [0.1, 0.15) is 30.0 Å². The monoisotopic (exact) mass is 398 g/mol. The zero-order valence-electron chi connectivity index (χ0n) is 15.6. The van der Waals surface area contributed by atoms with Gasteiger partial charge in [-0.25, -0.2) is 4.98 Å². The molecule has 0 aliphatic carbocycles. The molecule has 1 fully saturated rings. The van der Waals surface area contributed by atoms with Gasteiger partial charge in [0.1, 0.15) is 23.4 Å². The number of benzene rings is 1. The highest BCUT2D eigenvalue weighted by Crippen LogP contribution is 2.28. The highest BCUT2D eigenvalue weighted by atomic mass is 32.1. The number of carbonyl (C=O) groups excluding carboxylic acids is 1. The van der Waals surface area contributed by atoms with Crippen molar-refractivity contribution >= 4 is 22.6 Å². The number of furan rings is 1. The molecule has 1 aliphatic heterocycles. The van der Waals surface area contributed by atoms with Crippen molar-refractivity contribution in [2.45, 2.75) is 31.8 Å². The number of amides is 1. The van der Waals surface area contributed by atoms with Crippen LogP contribution in [-0.2, 0) is 17.8 Å². The summed E-state index contributed by atoms with van der Waals surface area (Å²) in [5.41, 5.74) is 1.10. The summed E-state index contributed by atoms with van der Waals surface area (Å²) in [7, 11) is 1.66. The Labute approximate surface area is 167 Å². The third-order valence-corrected chi connectivity index (χ3v) is 5.56. The molecule has 0 bridgehead atoms. The summed E-state index contributed by atoms with van der Waals surface area (Å²) < 4.78 is 15.0. The normalized spacial score (nSPS) is 16.3. The lowest BCUT2D eigenvalue weighted by molar-refractivity contribution is -0.122. The second-order valence-electron chi connectivity index (χ2n) is 6.67. The summed E-state index contributed by atoms with van der Waals surface area (Å²) in [6.45, 7) is 1.21. The smallest absolute Gasteiger partial charge is 0.243 e. The fourth-order valence-electron chi connectivity index (χ4n) is 3.37. The van der Waals surface area contributed by atoms with Crippen molar-refractivity contribution in [1.29, 1.82) is 0 Å². The van der Waals surface area contributed by atoms with Crippen molar-refractivity contribution in [1.82, 2.24) is 14.7 Å².